The summed E-state index contributed by atoms with van der Waals surface area (Å²) in [7, 11) is 0. The lowest BCUT2D eigenvalue weighted by molar-refractivity contribution is 1.02. The highest BCUT2D eigenvalue weighted by molar-refractivity contribution is 7.26. The van der Waals surface area contributed by atoms with Crippen LogP contribution in [0.1, 0.15) is 12.8 Å². The van der Waals surface area contributed by atoms with Gasteiger partial charge in [0.25, 0.3) is 0 Å². The number of nitrogens with zero attached hydrogens (tertiary/aromatic N) is 2. The van der Waals surface area contributed by atoms with Crippen LogP contribution in [-0.4, -0.2) is 9.13 Å². The van der Waals surface area contributed by atoms with Gasteiger partial charge in [-0.1, -0.05) is 115 Å². The number of aromatic nitrogens is 2. The molecule has 1 aliphatic carbocycles. The average Bonchev–Trinajstić information content (AvgIpc) is 3.86. The Labute approximate surface area is 299 Å². The highest BCUT2D eigenvalue weighted by atomic mass is 32.1. The fraction of sp³-hybridized carbons (Fsp3) is 0.0417. The maximum Gasteiger partial charge on any atom is 0.0634 e. The van der Waals surface area contributed by atoms with Gasteiger partial charge in [0.2, 0.25) is 0 Å². The first-order chi connectivity index (χ1) is 25.3. The lowest BCUT2D eigenvalue weighted by Gasteiger charge is -2.13. The quantitative estimate of drug-likeness (QED) is 0.177. The van der Waals surface area contributed by atoms with Crippen LogP contribution < -0.4 is 0 Å². The molecule has 0 N–H and O–H groups in total. The number of benzene rings is 7. The molecule has 240 valence electrons. The van der Waals surface area contributed by atoms with E-state index in [9.17, 15) is 0 Å². The highest BCUT2D eigenvalue weighted by Gasteiger charge is 2.22. The van der Waals surface area contributed by atoms with Crippen LogP contribution in [0.4, 0.5) is 0 Å². The number of thiophene rings is 1. The predicted molar refractivity (Wildman–Crippen MR) is 220 cm³/mol. The summed E-state index contributed by atoms with van der Waals surface area (Å²) in [6.07, 6.45) is 9.13. The van der Waals surface area contributed by atoms with Crippen molar-refractivity contribution in [3.63, 3.8) is 0 Å². The monoisotopic (exact) mass is 668 g/mol. The Balaban J connectivity index is 1.21. The minimum Gasteiger partial charge on any atom is -0.310 e. The van der Waals surface area contributed by atoms with Crippen molar-refractivity contribution in [3.8, 4) is 27.9 Å². The Hall–Kier alpha value is -6.16. The predicted octanol–water partition coefficient (Wildman–Crippen LogP) is 13.8. The lowest BCUT2D eigenvalue weighted by atomic mass is 9.97. The largest absolute Gasteiger partial charge is 0.310 e. The van der Waals surface area contributed by atoms with Crippen molar-refractivity contribution >= 4 is 80.8 Å². The molecule has 3 heterocycles. The standard InChI is InChI=1S/C48H32N2S/c1-3-13-31(14-4-1)32-23-26-35(27-24-32)50-43-21-11-8-18-37(43)41-30-39(48-46(47(41)50)38-19-9-12-22-45(38)51-48)33-25-28-44-40(29-33)36-17-7-10-20-42(36)49(44)34-15-5-2-6-16-34/h1,3-5,7-30H,2,6H2. The van der Waals surface area contributed by atoms with Crippen LogP contribution >= 0.6 is 11.3 Å². The van der Waals surface area contributed by atoms with Gasteiger partial charge in [-0.05, 0) is 84.1 Å². The van der Waals surface area contributed by atoms with E-state index in [2.05, 4.69) is 179 Å². The second-order valence-electron chi connectivity index (χ2n) is 13.6. The van der Waals surface area contributed by atoms with E-state index in [-0.39, 0.29) is 0 Å². The minimum atomic E-state index is 1.08. The fourth-order valence-corrected chi connectivity index (χ4v) is 9.68. The van der Waals surface area contributed by atoms with Crippen LogP contribution in [-0.2, 0) is 0 Å². The van der Waals surface area contributed by atoms with Crippen LogP contribution in [0.5, 0.6) is 0 Å². The van der Waals surface area contributed by atoms with Crippen LogP contribution in [0.2, 0.25) is 0 Å². The van der Waals surface area contributed by atoms with Crippen LogP contribution in [0.25, 0.3) is 97.4 Å². The number of para-hydroxylation sites is 2. The van der Waals surface area contributed by atoms with E-state index < -0.39 is 0 Å². The van der Waals surface area contributed by atoms with Gasteiger partial charge in [0, 0.05) is 58.7 Å². The minimum absolute atomic E-state index is 1.08. The molecule has 0 unspecified atom stereocenters. The molecule has 1 aliphatic rings. The van der Waals surface area contributed by atoms with Crippen LogP contribution in [0.3, 0.4) is 0 Å². The maximum atomic E-state index is 2.49. The molecular weight excluding hydrogens is 637 g/mol. The summed E-state index contributed by atoms with van der Waals surface area (Å²) >= 11 is 1.91. The first-order valence-electron chi connectivity index (χ1n) is 17.8. The molecule has 3 aromatic heterocycles. The molecule has 10 aromatic rings. The van der Waals surface area contributed by atoms with Gasteiger partial charge in [-0.15, -0.1) is 11.3 Å². The number of hydrogen-bond donors (Lipinski definition) is 0. The van der Waals surface area contributed by atoms with Crippen molar-refractivity contribution in [1.82, 2.24) is 9.13 Å². The molecular formula is C48H32N2S. The highest BCUT2D eigenvalue weighted by Crippen LogP contribution is 2.48. The van der Waals surface area contributed by atoms with E-state index in [0.29, 0.717) is 0 Å². The summed E-state index contributed by atoms with van der Waals surface area (Å²) < 4.78 is 7.58. The Morgan fingerprint density at radius 1 is 0.471 bits per heavy atom. The Morgan fingerprint density at radius 2 is 1.12 bits per heavy atom. The molecule has 0 aliphatic heterocycles. The van der Waals surface area contributed by atoms with Crippen LogP contribution in [0, 0.1) is 0 Å². The zero-order valence-corrected chi connectivity index (χ0v) is 28.7. The Kier molecular flexibility index (Phi) is 6.28. The van der Waals surface area contributed by atoms with Crippen molar-refractivity contribution in [2.24, 2.45) is 0 Å². The van der Waals surface area contributed by atoms with Crippen molar-refractivity contribution in [1.29, 1.82) is 0 Å². The molecule has 0 radical (unpaired) electrons. The normalized spacial score (nSPS) is 13.4. The smallest absolute Gasteiger partial charge is 0.0634 e. The summed E-state index contributed by atoms with van der Waals surface area (Å²) in [5, 5.41) is 7.77. The Morgan fingerprint density at radius 3 is 1.90 bits per heavy atom. The van der Waals surface area contributed by atoms with Gasteiger partial charge in [-0.25, -0.2) is 0 Å². The molecule has 11 rings (SSSR count). The van der Waals surface area contributed by atoms with Gasteiger partial charge in [0.15, 0.2) is 0 Å². The fourth-order valence-electron chi connectivity index (χ4n) is 8.44. The second-order valence-corrected chi connectivity index (χ2v) is 14.6. The molecule has 2 nitrogen and oxygen atoms in total. The molecule has 0 atom stereocenters. The van der Waals surface area contributed by atoms with Crippen molar-refractivity contribution < 1.29 is 0 Å². The lowest BCUT2D eigenvalue weighted by Crippen LogP contribution is -1.96. The van der Waals surface area contributed by atoms with E-state index >= 15 is 0 Å². The van der Waals surface area contributed by atoms with Gasteiger partial charge >= 0.3 is 0 Å². The molecule has 0 saturated carbocycles. The molecule has 7 aromatic carbocycles. The molecule has 0 spiro atoms. The van der Waals surface area contributed by atoms with Gasteiger partial charge in [0.05, 0.1) is 22.1 Å². The van der Waals surface area contributed by atoms with Crippen molar-refractivity contribution in [2.75, 3.05) is 0 Å². The molecule has 0 bridgehead atoms. The third kappa shape index (κ3) is 4.28. The molecule has 0 saturated heterocycles. The molecule has 51 heavy (non-hydrogen) atoms. The van der Waals surface area contributed by atoms with Gasteiger partial charge in [-0.2, -0.15) is 0 Å². The summed E-state index contributed by atoms with van der Waals surface area (Å²) in [5.41, 5.74) is 12.4. The first kappa shape index (κ1) is 28.7. The molecule has 3 heteroatoms. The maximum absolute atomic E-state index is 2.49. The van der Waals surface area contributed by atoms with Gasteiger partial charge < -0.3 is 9.13 Å². The van der Waals surface area contributed by atoms with E-state index in [1.165, 1.54) is 97.4 Å². The second kappa shape index (κ2) is 11.2. The third-order valence-corrected chi connectivity index (χ3v) is 11.9. The SMILES string of the molecule is C1=CC(n2c3ccccc3c3cc(-c4cc5c6ccccc6n(-c6ccc(-c7ccccc7)cc6)c5c5c4sc4ccccc45)ccc32)=CCC1. The zero-order chi connectivity index (χ0) is 33.5. The van der Waals surface area contributed by atoms with E-state index in [4.69, 9.17) is 0 Å². The molecule has 0 amide bonds. The topological polar surface area (TPSA) is 9.86 Å². The first-order valence-corrected chi connectivity index (χ1v) is 18.6. The summed E-state index contributed by atoms with van der Waals surface area (Å²) in [6.45, 7) is 0. The van der Waals surface area contributed by atoms with E-state index in [0.717, 1.165) is 12.8 Å². The average molecular weight is 669 g/mol. The van der Waals surface area contributed by atoms with Crippen molar-refractivity contribution in [2.45, 2.75) is 12.8 Å². The van der Waals surface area contributed by atoms with Crippen LogP contribution in [0.15, 0.2) is 170 Å². The number of fused-ring (bicyclic) bond motifs is 10. The van der Waals surface area contributed by atoms with Crippen molar-refractivity contribution in [3.05, 3.63) is 170 Å². The third-order valence-electron chi connectivity index (χ3n) is 10.7. The van der Waals surface area contributed by atoms with E-state index in [1.807, 2.05) is 11.3 Å². The summed E-state index contributed by atoms with van der Waals surface area (Å²) in [4.78, 5) is 0. The Bertz CT molecular complexity index is 3060. The molecule has 0 fully saturated rings. The number of rotatable bonds is 4. The summed E-state index contributed by atoms with van der Waals surface area (Å²) in [6, 6.07) is 56.0. The van der Waals surface area contributed by atoms with E-state index in [1.54, 1.807) is 0 Å². The number of hydrogen-bond acceptors (Lipinski definition) is 1. The summed E-state index contributed by atoms with van der Waals surface area (Å²) in [5.74, 6) is 0. The number of allylic oxidation sites excluding steroid dienone is 4. The van der Waals surface area contributed by atoms with Gasteiger partial charge in [-0.3, -0.25) is 0 Å². The van der Waals surface area contributed by atoms with Gasteiger partial charge in [0.1, 0.15) is 0 Å². The zero-order valence-electron chi connectivity index (χ0n) is 27.9.